The Kier molecular flexibility index (Phi) is 2.73. The summed E-state index contributed by atoms with van der Waals surface area (Å²) in [6, 6.07) is 0. The molecule has 0 aromatic carbocycles. The van der Waals surface area contributed by atoms with Crippen LogP contribution in [0.5, 0.6) is 0 Å². The second-order valence-electron chi connectivity index (χ2n) is 3.93. The summed E-state index contributed by atoms with van der Waals surface area (Å²) in [7, 11) is 3.57. The molecule has 1 fully saturated rings. The molecule has 1 aliphatic rings. The highest BCUT2D eigenvalue weighted by atomic mass is 16.1. The number of hydrogen-bond donors (Lipinski definition) is 2. The highest BCUT2D eigenvalue weighted by Crippen LogP contribution is 2.27. The number of nitrogens with zero attached hydrogens (tertiary/aromatic N) is 2. The van der Waals surface area contributed by atoms with Crippen LogP contribution < -0.4 is 10.6 Å². The normalized spacial score (nSPS) is 25.5. The van der Waals surface area contributed by atoms with Crippen LogP contribution in [0.1, 0.15) is 11.5 Å². The molecule has 5 heteroatoms. The third kappa shape index (κ3) is 1.87. The van der Waals surface area contributed by atoms with Crippen LogP contribution in [-0.4, -0.2) is 35.8 Å². The maximum Gasteiger partial charge on any atom is 0.224 e. The van der Waals surface area contributed by atoms with Gasteiger partial charge in [0.15, 0.2) is 0 Å². The third-order valence-corrected chi connectivity index (χ3v) is 2.95. The van der Waals surface area contributed by atoms with Gasteiger partial charge in [-0.1, -0.05) is 0 Å². The molecular weight excluding hydrogens is 192 g/mol. The number of aromatic nitrogens is 2. The molecule has 0 aliphatic carbocycles. The maximum absolute atomic E-state index is 11.6. The zero-order valence-electron chi connectivity index (χ0n) is 9.03. The van der Waals surface area contributed by atoms with Gasteiger partial charge in [-0.25, -0.2) is 0 Å². The van der Waals surface area contributed by atoms with Gasteiger partial charge in [0.2, 0.25) is 5.91 Å². The molecule has 0 unspecified atom stereocenters. The van der Waals surface area contributed by atoms with Gasteiger partial charge in [0.05, 0.1) is 12.1 Å². The fourth-order valence-corrected chi connectivity index (χ4v) is 2.12. The quantitative estimate of drug-likeness (QED) is 0.687. The minimum absolute atomic E-state index is 0.0270. The van der Waals surface area contributed by atoms with Gasteiger partial charge in [0.1, 0.15) is 0 Å². The number of amides is 1. The molecule has 2 rings (SSSR count). The lowest BCUT2D eigenvalue weighted by Gasteiger charge is -2.15. The lowest BCUT2D eigenvalue weighted by molar-refractivity contribution is -0.124. The summed E-state index contributed by atoms with van der Waals surface area (Å²) in [5, 5.41) is 10.1. The Morgan fingerprint density at radius 3 is 3.07 bits per heavy atom. The Bertz CT molecular complexity index is 360. The molecule has 0 radical (unpaired) electrons. The van der Waals surface area contributed by atoms with Crippen LogP contribution in [-0.2, 0) is 11.8 Å². The minimum Gasteiger partial charge on any atom is -0.359 e. The first-order valence-electron chi connectivity index (χ1n) is 5.13. The lowest BCUT2D eigenvalue weighted by Crippen LogP contribution is -2.31. The van der Waals surface area contributed by atoms with Crippen LogP contribution in [0.2, 0.25) is 0 Å². The fraction of sp³-hybridized carbons (Fsp3) is 0.600. The van der Waals surface area contributed by atoms with Crippen molar-refractivity contribution in [3.05, 3.63) is 18.0 Å². The van der Waals surface area contributed by atoms with Gasteiger partial charge in [0, 0.05) is 39.3 Å². The van der Waals surface area contributed by atoms with E-state index in [0.29, 0.717) is 0 Å². The number of carbonyl (C=O) groups excluding carboxylic acids is 1. The van der Waals surface area contributed by atoms with Crippen LogP contribution in [0, 0.1) is 5.92 Å². The monoisotopic (exact) mass is 208 g/mol. The first kappa shape index (κ1) is 10.2. The summed E-state index contributed by atoms with van der Waals surface area (Å²) in [4.78, 5) is 11.6. The molecular formula is C10H16N4O. The van der Waals surface area contributed by atoms with Crippen molar-refractivity contribution in [2.75, 3.05) is 20.1 Å². The van der Waals surface area contributed by atoms with Gasteiger partial charge >= 0.3 is 0 Å². The maximum atomic E-state index is 11.6. The van der Waals surface area contributed by atoms with Crippen molar-refractivity contribution in [2.24, 2.45) is 13.0 Å². The molecule has 82 valence electrons. The van der Waals surface area contributed by atoms with E-state index in [2.05, 4.69) is 15.7 Å². The Morgan fingerprint density at radius 1 is 1.67 bits per heavy atom. The van der Waals surface area contributed by atoms with Crippen molar-refractivity contribution in [2.45, 2.75) is 5.92 Å². The van der Waals surface area contributed by atoms with E-state index in [-0.39, 0.29) is 17.7 Å². The average Bonchev–Trinajstić information content (AvgIpc) is 2.84. The summed E-state index contributed by atoms with van der Waals surface area (Å²) < 4.78 is 1.77. The number of hydrogen-bond acceptors (Lipinski definition) is 3. The van der Waals surface area contributed by atoms with Crippen molar-refractivity contribution < 1.29 is 4.79 Å². The Balaban J connectivity index is 2.18. The van der Waals surface area contributed by atoms with E-state index in [4.69, 9.17) is 0 Å². The molecule has 15 heavy (non-hydrogen) atoms. The molecule has 0 bridgehead atoms. The molecule has 0 spiro atoms. The van der Waals surface area contributed by atoms with E-state index in [1.165, 1.54) is 0 Å². The minimum atomic E-state index is 0.0270. The number of nitrogens with one attached hydrogen (secondary N) is 2. The third-order valence-electron chi connectivity index (χ3n) is 2.95. The van der Waals surface area contributed by atoms with Crippen molar-refractivity contribution >= 4 is 5.91 Å². The van der Waals surface area contributed by atoms with Crippen LogP contribution in [0.3, 0.4) is 0 Å². The van der Waals surface area contributed by atoms with Crippen molar-refractivity contribution in [3.63, 3.8) is 0 Å². The second kappa shape index (κ2) is 4.02. The van der Waals surface area contributed by atoms with Crippen molar-refractivity contribution in [1.29, 1.82) is 0 Å². The van der Waals surface area contributed by atoms with E-state index < -0.39 is 0 Å². The molecule has 1 aromatic heterocycles. The SMILES string of the molecule is CNC(=O)[C@H]1CNC[C@@H]1c1cnn(C)c1. The summed E-state index contributed by atoms with van der Waals surface area (Å²) in [6.07, 6.45) is 3.82. The Morgan fingerprint density at radius 2 is 2.47 bits per heavy atom. The topological polar surface area (TPSA) is 59.0 Å². The van der Waals surface area contributed by atoms with Gasteiger partial charge in [-0.15, -0.1) is 0 Å². The molecule has 2 heterocycles. The first-order valence-corrected chi connectivity index (χ1v) is 5.13. The predicted molar refractivity (Wildman–Crippen MR) is 56.4 cm³/mol. The lowest BCUT2D eigenvalue weighted by atomic mass is 9.90. The predicted octanol–water partition coefficient (Wildman–Crippen LogP) is -0.531. The number of aryl methyl sites for hydroxylation is 1. The molecule has 1 amide bonds. The smallest absolute Gasteiger partial charge is 0.224 e. The largest absolute Gasteiger partial charge is 0.359 e. The number of rotatable bonds is 2. The van der Waals surface area contributed by atoms with Crippen LogP contribution >= 0.6 is 0 Å². The number of carbonyl (C=O) groups is 1. The van der Waals surface area contributed by atoms with Crippen LogP contribution in [0.25, 0.3) is 0 Å². The second-order valence-corrected chi connectivity index (χ2v) is 3.93. The van der Waals surface area contributed by atoms with Gasteiger partial charge < -0.3 is 10.6 Å². The highest BCUT2D eigenvalue weighted by Gasteiger charge is 2.33. The average molecular weight is 208 g/mol. The molecule has 2 atom stereocenters. The standard InChI is InChI=1S/C10H16N4O/c1-11-10(15)9-5-12-4-8(9)7-3-13-14(2)6-7/h3,6,8-9,12H,4-5H2,1-2H3,(H,11,15)/t8-,9+/m1/s1. The van der Waals surface area contributed by atoms with E-state index in [9.17, 15) is 4.79 Å². The van der Waals surface area contributed by atoms with Gasteiger partial charge in [-0.3, -0.25) is 9.48 Å². The molecule has 2 N–H and O–H groups in total. The highest BCUT2D eigenvalue weighted by molar-refractivity contribution is 5.80. The molecule has 1 saturated heterocycles. The summed E-state index contributed by atoms with van der Waals surface area (Å²) >= 11 is 0. The van der Waals surface area contributed by atoms with Crippen molar-refractivity contribution in [3.8, 4) is 0 Å². The van der Waals surface area contributed by atoms with Gasteiger partial charge in [0.25, 0.3) is 0 Å². The molecule has 0 saturated carbocycles. The summed E-state index contributed by atoms with van der Waals surface area (Å²) in [5.41, 5.74) is 1.14. The van der Waals surface area contributed by atoms with Crippen LogP contribution in [0.15, 0.2) is 12.4 Å². The van der Waals surface area contributed by atoms with E-state index in [0.717, 1.165) is 18.7 Å². The van der Waals surface area contributed by atoms with E-state index >= 15 is 0 Å². The molecule has 5 nitrogen and oxygen atoms in total. The summed E-state index contributed by atoms with van der Waals surface area (Å²) in [6.45, 7) is 1.60. The van der Waals surface area contributed by atoms with Crippen molar-refractivity contribution in [1.82, 2.24) is 20.4 Å². The van der Waals surface area contributed by atoms with Gasteiger partial charge in [-0.05, 0) is 5.56 Å². The Hall–Kier alpha value is -1.36. The van der Waals surface area contributed by atoms with Gasteiger partial charge in [-0.2, -0.15) is 5.10 Å². The fourth-order valence-electron chi connectivity index (χ4n) is 2.12. The summed E-state index contributed by atoms with van der Waals surface area (Å²) in [5.74, 6) is 0.381. The molecule has 1 aromatic rings. The zero-order valence-corrected chi connectivity index (χ0v) is 9.03. The Labute approximate surface area is 88.8 Å². The zero-order chi connectivity index (χ0) is 10.8. The molecule has 1 aliphatic heterocycles. The van der Waals surface area contributed by atoms with E-state index in [1.807, 2.05) is 19.4 Å². The van der Waals surface area contributed by atoms with E-state index in [1.54, 1.807) is 11.7 Å². The van der Waals surface area contributed by atoms with Crippen LogP contribution in [0.4, 0.5) is 0 Å². The first-order chi connectivity index (χ1) is 7.22.